The van der Waals surface area contributed by atoms with Crippen LogP contribution in [0.15, 0.2) is 40.4 Å². The van der Waals surface area contributed by atoms with Gasteiger partial charge < -0.3 is 10.1 Å². The smallest absolute Gasteiger partial charge is 0.310 e. The zero-order chi connectivity index (χ0) is 16.5. The standard InChI is InChI=1S/C18H22BrNO3/c19-16-9-5-4-8-15(16)12-18(22)23-13-17(21)20-11-10-14-6-2-1-3-7-14/h4-6,8-9H,1-3,7,10-13H2,(H,20,21). The molecule has 0 aromatic heterocycles. The molecule has 1 aromatic rings. The molecule has 1 amide bonds. The maximum atomic E-state index is 11.8. The van der Waals surface area contributed by atoms with E-state index < -0.39 is 5.97 Å². The summed E-state index contributed by atoms with van der Waals surface area (Å²) < 4.78 is 5.88. The van der Waals surface area contributed by atoms with Gasteiger partial charge in [0.25, 0.3) is 5.91 Å². The highest BCUT2D eigenvalue weighted by Gasteiger charge is 2.10. The second-order valence-electron chi connectivity index (χ2n) is 5.64. The number of nitrogens with one attached hydrogen (secondary N) is 1. The molecule has 5 heteroatoms. The van der Waals surface area contributed by atoms with Crippen molar-refractivity contribution in [2.75, 3.05) is 13.2 Å². The van der Waals surface area contributed by atoms with Gasteiger partial charge in [-0.1, -0.05) is 45.8 Å². The molecule has 0 saturated heterocycles. The molecule has 0 fully saturated rings. The van der Waals surface area contributed by atoms with E-state index in [0.29, 0.717) is 6.54 Å². The topological polar surface area (TPSA) is 55.4 Å². The lowest BCUT2D eigenvalue weighted by Gasteiger charge is -2.13. The quantitative estimate of drug-likeness (QED) is 0.582. The minimum absolute atomic E-state index is 0.154. The summed E-state index contributed by atoms with van der Waals surface area (Å²) in [7, 11) is 0. The van der Waals surface area contributed by atoms with Gasteiger partial charge in [0, 0.05) is 11.0 Å². The number of rotatable bonds is 7. The number of carbonyl (C=O) groups excluding carboxylic acids is 2. The Morgan fingerprint density at radius 1 is 1.22 bits per heavy atom. The molecule has 4 nitrogen and oxygen atoms in total. The number of halogens is 1. The average molecular weight is 380 g/mol. The van der Waals surface area contributed by atoms with E-state index >= 15 is 0 Å². The Morgan fingerprint density at radius 3 is 2.78 bits per heavy atom. The molecule has 0 aliphatic heterocycles. The molecule has 1 aromatic carbocycles. The molecule has 0 bridgehead atoms. The average Bonchev–Trinajstić information content (AvgIpc) is 2.56. The predicted molar refractivity (Wildman–Crippen MR) is 93.0 cm³/mol. The summed E-state index contributed by atoms with van der Waals surface area (Å²) in [6, 6.07) is 7.47. The highest BCUT2D eigenvalue weighted by atomic mass is 79.9. The van der Waals surface area contributed by atoms with E-state index in [9.17, 15) is 9.59 Å². The van der Waals surface area contributed by atoms with Crippen LogP contribution in [-0.4, -0.2) is 25.0 Å². The van der Waals surface area contributed by atoms with Gasteiger partial charge >= 0.3 is 5.97 Å². The van der Waals surface area contributed by atoms with E-state index in [1.807, 2.05) is 24.3 Å². The Bertz CT molecular complexity index is 583. The van der Waals surface area contributed by atoms with Crippen LogP contribution in [0.5, 0.6) is 0 Å². The zero-order valence-electron chi connectivity index (χ0n) is 13.1. The van der Waals surface area contributed by atoms with Gasteiger partial charge in [-0.15, -0.1) is 0 Å². The van der Waals surface area contributed by atoms with Gasteiger partial charge in [0.05, 0.1) is 6.42 Å². The molecule has 1 aliphatic carbocycles. The van der Waals surface area contributed by atoms with Crippen LogP contribution in [0, 0.1) is 0 Å². The first kappa shape index (κ1) is 17.7. The van der Waals surface area contributed by atoms with Gasteiger partial charge in [0.15, 0.2) is 6.61 Å². The summed E-state index contributed by atoms with van der Waals surface area (Å²) in [4.78, 5) is 23.4. The summed E-state index contributed by atoms with van der Waals surface area (Å²) in [5.74, 6) is -0.649. The molecule has 124 valence electrons. The molecule has 0 unspecified atom stereocenters. The van der Waals surface area contributed by atoms with Crippen molar-refractivity contribution in [3.8, 4) is 0 Å². The number of benzene rings is 1. The first-order valence-electron chi connectivity index (χ1n) is 7.99. The van der Waals surface area contributed by atoms with Crippen LogP contribution in [0.4, 0.5) is 0 Å². The molecular formula is C18H22BrNO3. The molecule has 2 rings (SSSR count). The van der Waals surface area contributed by atoms with Crippen molar-refractivity contribution in [2.24, 2.45) is 0 Å². The number of esters is 1. The van der Waals surface area contributed by atoms with Crippen molar-refractivity contribution < 1.29 is 14.3 Å². The van der Waals surface area contributed by atoms with Crippen LogP contribution in [0.2, 0.25) is 0 Å². The Balaban J connectivity index is 1.63. The normalized spacial score (nSPS) is 14.0. The van der Waals surface area contributed by atoms with Crippen molar-refractivity contribution in [3.63, 3.8) is 0 Å². The molecule has 1 N–H and O–H groups in total. The highest BCUT2D eigenvalue weighted by molar-refractivity contribution is 9.10. The van der Waals surface area contributed by atoms with E-state index in [1.165, 1.54) is 18.4 Å². The van der Waals surface area contributed by atoms with Crippen LogP contribution in [0.25, 0.3) is 0 Å². The fourth-order valence-electron chi connectivity index (χ4n) is 2.54. The van der Waals surface area contributed by atoms with Crippen molar-refractivity contribution >= 4 is 27.8 Å². The highest BCUT2D eigenvalue weighted by Crippen LogP contribution is 2.19. The van der Waals surface area contributed by atoms with Gasteiger partial charge in [0.2, 0.25) is 0 Å². The molecule has 0 spiro atoms. The molecule has 1 aliphatic rings. The largest absolute Gasteiger partial charge is 0.455 e. The van der Waals surface area contributed by atoms with Gasteiger partial charge in [-0.25, -0.2) is 0 Å². The van der Waals surface area contributed by atoms with Crippen molar-refractivity contribution in [2.45, 2.75) is 38.5 Å². The number of ether oxygens (including phenoxy) is 1. The van der Waals surface area contributed by atoms with Gasteiger partial charge in [-0.3, -0.25) is 9.59 Å². The molecule has 23 heavy (non-hydrogen) atoms. The maximum absolute atomic E-state index is 11.8. The summed E-state index contributed by atoms with van der Waals surface area (Å²) in [6.45, 7) is 0.384. The predicted octanol–water partition coefficient (Wildman–Crippen LogP) is 3.54. The third-order valence-corrected chi connectivity index (χ3v) is 4.58. The van der Waals surface area contributed by atoms with Gasteiger partial charge in [-0.05, 0) is 43.7 Å². The van der Waals surface area contributed by atoms with Crippen molar-refractivity contribution in [1.29, 1.82) is 0 Å². The second kappa shape index (κ2) is 9.50. The summed E-state index contributed by atoms with van der Waals surface area (Å²) in [5.41, 5.74) is 2.27. The molecule has 0 atom stereocenters. The molecule has 0 radical (unpaired) electrons. The lowest BCUT2D eigenvalue weighted by molar-refractivity contribution is -0.147. The summed E-state index contributed by atoms with van der Waals surface area (Å²) >= 11 is 3.38. The Kier molecular flexibility index (Phi) is 7.33. The number of allylic oxidation sites excluding steroid dienone is 1. The van der Waals surface area contributed by atoms with Crippen LogP contribution in [-0.2, 0) is 20.7 Å². The number of carbonyl (C=O) groups is 2. The van der Waals surface area contributed by atoms with Crippen LogP contribution < -0.4 is 5.32 Å². The monoisotopic (exact) mass is 379 g/mol. The van der Waals surface area contributed by atoms with Crippen molar-refractivity contribution in [3.05, 3.63) is 46.0 Å². The Labute approximate surface area is 145 Å². The third-order valence-electron chi connectivity index (χ3n) is 3.81. The zero-order valence-corrected chi connectivity index (χ0v) is 14.7. The van der Waals surface area contributed by atoms with E-state index in [-0.39, 0.29) is 18.9 Å². The minimum Gasteiger partial charge on any atom is -0.455 e. The lowest BCUT2D eigenvalue weighted by Crippen LogP contribution is -2.30. The summed E-state index contributed by atoms with van der Waals surface area (Å²) in [5, 5.41) is 2.79. The lowest BCUT2D eigenvalue weighted by atomic mass is 9.97. The van der Waals surface area contributed by atoms with Crippen LogP contribution in [0.1, 0.15) is 37.7 Å². The van der Waals surface area contributed by atoms with Gasteiger partial charge in [-0.2, -0.15) is 0 Å². The van der Waals surface area contributed by atoms with Crippen molar-refractivity contribution in [1.82, 2.24) is 5.32 Å². The third kappa shape index (κ3) is 6.57. The fraction of sp³-hybridized carbons (Fsp3) is 0.444. The van der Waals surface area contributed by atoms with Crippen LogP contribution >= 0.6 is 15.9 Å². The Hall–Kier alpha value is -1.62. The molecule has 0 heterocycles. The van der Waals surface area contributed by atoms with E-state index in [0.717, 1.165) is 29.3 Å². The first-order chi connectivity index (χ1) is 11.1. The first-order valence-corrected chi connectivity index (χ1v) is 8.78. The summed E-state index contributed by atoms with van der Waals surface area (Å²) in [6.07, 6.45) is 8.11. The SMILES string of the molecule is O=C(COC(=O)Cc1ccccc1Br)NCCC1=CCCCC1. The number of amides is 1. The molecular weight excluding hydrogens is 358 g/mol. The second-order valence-corrected chi connectivity index (χ2v) is 6.49. The minimum atomic E-state index is -0.401. The number of hydrogen-bond acceptors (Lipinski definition) is 3. The van der Waals surface area contributed by atoms with E-state index in [2.05, 4.69) is 27.3 Å². The van der Waals surface area contributed by atoms with Crippen LogP contribution in [0.3, 0.4) is 0 Å². The van der Waals surface area contributed by atoms with Gasteiger partial charge in [0.1, 0.15) is 0 Å². The Morgan fingerprint density at radius 2 is 2.04 bits per heavy atom. The van der Waals surface area contributed by atoms with E-state index in [1.54, 1.807) is 0 Å². The maximum Gasteiger partial charge on any atom is 0.310 e. The fourth-order valence-corrected chi connectivity index (χ4v) is 2.96. The molecule has 0 saturated carbocycles. The number of hydrogen-bond donors (Lipinski definition) is 1. The van der Waals surface area contributed by atoms with E-state index in [4.69, 9.17) is 4.74 Å².